The van der Waals surface area contributed by atoms with Crippen LogP contribution in [0.3, 0.4) is 0 Å². The molecular weight excluding hydrogens is 268 g/mol. The van der Waals surface area contributed by atoms with Gasteiger partial charge in [-0.15, -0.1) is 0 Å². The lowest BCUT2D eigenvalue weighted by atomic mass is 10.1. The first kappa shape index (κ1) is 15.1. The summed E-state index contributed by atoms with van der Waals surface area (Å²) in [5.41, 5.74) is 1.85. The lowest BCUT2D eigenvalue weighted by molar-refractivity contribution is -0.141. The first-order valence-corrected chi connectivity index (χ1v) is 7.19. The number of nitrogens with one attached hydrogen (secondary N) is 2. The minimum Gasteiger partial charge on any atom is -0.480 e. The summed E-state index contributed by atoms with van der Waals surface area (Å²) in [4.78, 5) is 26.3. The zero-order chi connectivity index (χ0) is 15.2. The topological polar surface area (TPSA) is 82.2 Å². The Morgan fingerprint density at radius 2 is 2.10 bits per heavy atom. The smallest absolute Gasteiger partial charge is 0.326 e. The Hall–Kier alpha value is -2.30. The van der Waals surface area contributed by atoms with Crippen molar-refractivity contribution in [1.82, 2.24) is 10.3 Å². The number of carbonyl (C=O) groups excluding carboxylic acids is 1. The molecule has 1 atom stereocenters. The fourth-order valence-electron chi connectivity index (χ4n) is 2.36. The fourth-order valence-corrected chi connectivity index (χ4v) is 2.36. The molecular formula is C16H20N2O3. The Bertz CT molecular complexity index is 633. The quantitative estimate of drug-likeness (QED) is 0.732. The number of H-pyrrole nitrogens is 1. The number of hydrogen-bond acceptors (Lipinski definition) is 2. The van der Waals surface area contributed by atoms with E-state index in [-0.39, 0.29) is 12.3 Å². The highest BCUT2D eigenvalue weighted by Crippen LogP contribution is 2.18. The van der Waals surface area contributed by atoms with Crippen molar-refractivity contribution in [3.05, 3.63) is 36.0 Å². The summed E-state index contributed by atoms with van der Waals surface area (Å²) < 4.78 is 0. The van der Waals surface area contributed by atoms with Gasteiger partial charge in [-0.25, -0.2) is 4.79 Å². The highest BCUT2D eigenvalue weighted by Gasteiger charge is 2.19. The summed E-state index contributed by atoms with van der Waals surface area (Å²) in [6.45, 7) is 1.99. The van der Waals surface area contributed by atoms with Crippen molar-refractivity contribution in [3.8, 4) is 0 Å². The van der Waals surface area contributed by atoms with Gasteiger partial charge in [-0.3, -0.25) is 4.79 Å². The number of aromatic nitrogens is 1. The van der Waals surface area contributed by atoms with Crippen molar-refractivity contribution in [2.45, 2.75) is 38.6 Å². The van der Waals surface area contributed by atoms with E-state index in [9.17, 15) is 9.59 Å². The average Bonchev–Trinajstić information content (AvgIpc) is 2.86. The summed E-state index contributed by atoms with van der Waals surface area (Å²) in [6, 6.07) is 6.92. The van der Waals surface area contributed by atoms with Crippen LogP contribution in [0.15, 0.2) is 30.5 Å². The van der Waals surface area contributed by atoms with Crippen LogP contribution in [-0.4, -0.2) is 28.0 Å². The highest BCUT2D eigenvalue weighted by atomic mass is 16.4. The Morgan fingerprint density at radius 1 is 1.33 bits per heavy atom. The first-order valence-electron chi connectivity index (χ1n) is 7.19. The van der Waals surface area contributed by atoms with Crippen LogP contribution in [-0.2, 0) is 16.0 Å². The predicted octanol–water partition coefficient (Wildman–Crippen LogP) is 2.47. The van der Waals surface area contributed by atoms with Crippen LogP contribution in [0.4, 0.5) is 0 Å². The van der Waals surface area contributed by atoms with Crippen molar-refractivity contribution < 1.29 is 14.7 Å². The van der Waals surface area contributed by atoms with Crippen LogP contribution in [0, 0.1) is 0 Å². The lowest BCUT2D eigenvalue weighted by Crippen LogP contribution is -2.41. The molecule has 3 N–H and O–H groups in total. The molecule has 0 radical (unpaired) electrons. The molecule has 0 aliphatic rings. The van der Waals surface area contributed by atoms with Crippen LogP contribution in [0.25, 0.3) is 10.9 Å². The van der Waals surface area contributed by atoms with Gasteiger partial charge < -0.3 is 15.4 Å². The number of para-hydroxylation sites is 1. The molecule has 0 spiro atoms. The summed E-state index contributed by atoms with van der Waals surface area (Å²) in [5, 5.41) is 12.7. The van der Waals surface area contributed by atoms with Gasteiger partial charge in [-0.05, 0) is 18.1 Å². The molecule has 0 aliphatic carbocycles. The van der Waals surface area contributed by atoms with E-state index in [1.165, 1.54) is 0 Å². The van der Waals surface area contributed by atoms with Crippen LogP contribution in [0.2, 0.25) is 0 Å². The molecule has 1 amide bonds. The molecule has 5 heteroatoms. The number of carboxylic acids is 1. The lowest BCUT2D eigenvalue weighted by Gasteiger charge is -2.13. The molecule has 0 aliphatic heterocycles. The molecule has 0 bridgehead atoms. The number of fused-ring (bicyclic) bond motifs is 1. The van der Waals surface area contributed by atoms with Crippen molar-refractivity contribution in [2.24, 2.45) is 0 Å². The average molecular weight is 288 g/mol. The molecule has 21 heavy (non-hydrogen) atoms. The number of carbonyl (C=O) groups is 2. The third-order valence-corrected chi connectivity index (χ3v) is 3.51. The second-order valence-corrected chi connectivity index (χ2v) is 5.14. The van der Waals surface area contributed by atoms with E-state index in [1.807, 2.05) is 31.2 Å². The minimum atomic E-state index is -0.976. The van der Waals surface area contributed by atoms with Gasteiger partial charge in [0.2, 0.25) is 5.91 Å². The van der Waals surface area contributed by atoms with E-state index in [0.29, 0.717) is 6.42 Å². The monoisotopic (exact) mass is 288 g/mol. The van der Waals surface area contributed by atoms with Crippen molar-refractivity contribution in [1.29, 1.82) is 0 Å². The summed E-state index contributed by atoms with van der Waals surface area (Å²) in [5.74, 6) is -1.24. The SMILES string of the molecule is CCCCC(NC(=O)Cc1c[nH]c2ccccc12)C(=O)O. The second kappa shape index (κ2) is 6.92. The Balaban J connectivity index is 2.02. The first-order chi connectivity index (χ1) is 10.1. The maximum atomic E-state index is 12.0. The number of carboxylic acid groups (broad SMARTS) is 1. The number of amides is 1. The summed E-state index contributed by atoms with van der Waals surface area (Å²) in [6.07, 6.45) is 4.13. The Kier molecular flexibility index (Phi) is 4.98. The van der Waals surface area contributed by atoms with E-state index >= 15 is 0 Å². The molecule has 2 aromatic rings. The van der Waals surface area contributed by atoms with Gasteiger partial charge in [0.1, 0.15) is 6.04 Å². The highest BCUT2D eigenvalue weighted by molar-refractivity contribution is 5.90. The van der Waals surface area contributed by atoms with Gasteiger partial charge in [-0.2, -0.15) is 0 Å². The normalized spacial score (nSPS) is 12.2. The molecule has 112 valence electrons. The van der Waals surface area contributed by atoms with Gasteiger partial charge in [-0.1, -0.05) is 38.0 Å². The fraction of sp³-hybridized carbons (Fsp3) is 0.375. The van der Waals surface area contributed by atoms with Gasteiger partial charge in [0.25, 0.3) is 0 Å². The molecule has 0 saturated carbocycles. The standard InChI is InChI=1S/C16H20N2O3/c1-2-3-7-14(16(20)21)18-15(19)9-11-10-17-13-8-5-4-6-12(11)13/h4-6,8,10,14,17H,2-3,7,9H2,1H3,(H,18,19)(H,20,21). The molecule has 2 rings (SSSR count). The van der Waals surface area contributed by atoms with Gasteiger partial charge in [0.05, 0.1) is 6.42 Å². The summed E-state index contributed by atoms with van der Waals surface area (Å²) in [7, 11) is 0. The van der Waals surface area contributed by atoms with Crippen LogP contribution in [0.5, 0.6) is 0 Å². The number of unbranched alkanes of at least 4 members (excludes halogenated alkanes) is 1. The van der Waals surface area contributed by atoms with Crippen LogP contribution in [0.1, 0.15) is 31.7 Å². The zero-order valence-electron chi connectivity index (χ0n) is 12.1. The van der Waals surface area contributed by atoms with Crippen molar-refractivity contribution in [3.63, 3.8) is 0 Å². The zero-order valence-corrected chi connectivity index (χ0v) is 12.1. The van der Waals surface area contributed by atoms with Crippen LogP contribution < -0.4 is 5.32 Å². The van der Waals surface area contributed by atoms with E-state index in [0.717, 1.165) is 29.3 Å². The third kappa shape index (κ3) is 3.84. The maximum absolute atomic E-state index is 12.0. The number of aromatic amines is 1. The van der Waals surface area contributed by atoms with Crippen molar-refractivity contribution >= 4 is 22.8 Å². The van der Waals surface area contributed by atoms with Gasteiger partial charge >= 0.3 is 5.97 Å². The molecule has 1 unspecified atom stereocenters. The molecule has 0 saturated heterocycles. The molecule has 0 fully saturated rings. The molecule has 5 nitrogen and oxygen atoms in total. The van der Waals surface area contributed by atoms with E-state index in [4.69, 9.17) is 5.11 Å². The minimum absolute atomic E-state index is 0.180. The van der Waals surface area contributed by atoms with Gasteiger partial charge in [0.15, 0.2) is 0 Å². The maximum Gasteiger partial charge on any atom is 0.326 e. The number of hydrogen-bond donors (Lipinski definition) is 3. The van der Waals surface area contributed by atoms with Crippen LogP contribution >= 0.6 is 0 Å². The number of benzene rings is 1. The number of aliphatic carboxylic acids is 1. The van der Waals surface area contributed by atoms with Gasteiger partial charge in [0, 0.05) is 17.1 Å². The third-order valence-electron chi connectivity index (χ3n) is 3.51. The largest absolute Gasteiger partial charge is 0.480 e. The molecule has 1 aromatic heterocycles. The van der Waals surface area contributed by atoms with Crippen molar-refractivity contribution in [2.75, 3.05) is 0 Å². The number of rotatable bonds is 7. The Morgan fingerprint density at radius 3 is 2.81 bits per heavy atom. The Labute approximate surface area is 123 Å². The summed E-state index contributed by atoms with van der Waals surface area (Å²) >= 11 is 0. The van der Waals surface area contributed by atoms with E-state index in [2.05, 4.69) is 10.3 Å². The molecule has 1 aromatic carbocycles. The van der Waals surface area contributed by atoms with E-state index < -0.39 is 12.0 Å². The van der Waals surface area contributed by atoms with E-state index in [1.54, 1.807) is 6.20 Å². The second-order valence-electron chi connectivity index (χ2n) is 5.14. The molecule has 1 heterocycles. The predicted molar refractivity (Wildman–Crippen MR) is 81.1 cm³/mol.